The van der Waals surface area contributed by atoms with E-state index in [1.54, 1.807) is 0 Å². The number of hydrogen-bond acceptors (Lipinski definition) is 2. The fourth-order valence-corrected chi connectivity index (χ4v) is 2.26. The Morgan fingerprint density at radius 3 is 2.55 bits per heavy atom. The van der Waals surface area contributed by atoms with Crippen LogP contribution in [-0.2, 0) is 6.54 Å². The number of halogens is 1. The zero-order valence-electron chi connectivity index (χ0n) is 12.1. The van der Waals surface area contributed by atoms with Gasteiger partial charge >= 0.3 is 0 Å². The van der Waals surface area contributed by atoms with Crippen LogP contribution in [0.25, 0.3) is 0 Å². The van der Waals surface area contributed by atoms with E-state index in [2.05, 4.69) is 48.5 Å². The van der Waals surface area contributed by atoms with Gasteiger partial charge in [0.15, 0.2) is 0 Å². The smallest absolute Gasteiger partial charge is 0.0426 e. The van der Waals surface area contributed by atoms with E-state index in [0.29, 0.717) is 0 Å². The van der Waals surface area contributed by atoms with Gasteiger partial charge in [0, 0.05) is 30.3 Å². The van der Waals surface area contributed by atoms with Crippen LogP contribution in [0, 0.1) is 6.92 Å². The van der Waals surface area contributed by atoms with E-state index < -0.39 is 0 Å². The van der Waals surface area contributed by atoms with E-state index in [4.69, 9.17) is 11.6 Å². The van der Waals surface area contributed by atoms with Gasteiger partial charge in [0.2, 0.25) is 0 Å². The summed E-state index contributed by atoms with van der Waals surface area (Å²) in [4.78, 5) is 2.31. The van der Waals surface area contributed by atoms with Crippen molar-refractivity contribution in [2.24, 2.45) is 0 Å². The molecule has 2 rings (SSSR count). The van der Waals surface area contributed by atoms with Crippen molar-refractivity contribution in [2.45, 2.75) is 13.5 Å². The van der Waals surface area contributed by atoms with Crippen molar-refractivity contribution in [3.63, 3.8) is 0 Å². The number of aryl methyl sites for hydroxylation is 1. The van der Waals surface area contributed by atoms with Crippen LogP contribution in [0.2, 0.25) is 5.02 Å². The monoisotopic (exact) mass is 288 g/mol. The number of hydrogen-bond donors (Lipinski definition) is 1. The molecule has 0 saturated carbocycles. The highest BCUT2D eigenvalue weighted by atomic mass is 35.5. The van der Waals surface area contributed by atoms with Gasteiger partial charge in [0.25, 0.3) is 0 Å². The van der Waals surface area contributed by atoms with E-state index >= 15 is 0 Å². The normalized spacial score (nSPS) is 10.8. The number of likely N-dealkylation sites (N-methyl/N-ethyl adjacent to an activating group) is 1. The van der Waals surface area contributed by atoms with Crippen molar-refractivity contribution in [3.05, 3.63) is 64.7 Å². The third kappa shape index (κ3) is 4.87. The first-order valence-electron chi connectivity index (χ1n) is 6.87. The Labute approximate surface area is 126 Å². The highest BCUT2D eigenvalue weighted by Crippen LogP contribution is 2.14. The first-order chi connectivity index (χ1) is 9.63. The van der Waals surface area contributed by atoms with E-state index in [-0.39, 0.29) is 0 Å². The van der Waals surface area contributed by atoms with Crippen LogP contribution in [0.4, 0.5) is 5.69 Å². The molecule has 0 saturated heterocycles. The lowest BCUT2D eigenvalue weighted by Crippen LogP contribution is -2.24. The van der Waals surface area contributed by atoms with Gasteiger partial charge in [-0.1, -0.05) is 47.5 Å². The molecule has 106 valence electrons. The molecular weight excluding hydrogens is 268 g/mol. The molecule has 20 heavy (non-hydrogen) atoms. The second-order valence-electron chi connectivity index (χ2n) is 5.16. The molecule has 2 nitrogen and oxygen atoms in total. The SMILES string of the molecule is Cc1ccc(CN(C)CCNc2cccc(Cl)c2)cc1. The molecule has 0 aromatic heterocycles. The Hall–Kier alpha value is -1.51. The average molecular weight is 289 g/mol. The number of nitrogens with zero attached hydrogens (tertiary/aromatic N) is 1. The summed E-state index contributed by atoms with van der Waals surface area (Å²) in [6, 6.07) is 16.5. The van der Waals surface area contributed by atoms with Crippen LogP contribution < -0.4 is 5.32 Å². The van der Waals surface area contributed by atoms with Gasteiger partial charge in [0.05, 0.1) is 0 Å². The van der Waals surface area contributed by atoms with Gasteiger partial charge in [-0.2, -0.15) is 0 Å². The van der Waals surface area contributed by atoms with Crippen LogP contribution in [0.3, 0.4) is 0 Å². The first kappa shape index (κ1) is 14.9. The van der Waals surface area contributed by atoms with Crippen molar-refractivity contribution in [1.29, 1.82) is 0 Å². The van der Waals surface area contributed by atoms with Gasteiger partial charge in [-0.05, 0) is 37.7 Å². The van der Waals surface area contributed by atoms with Crippen molar-refractivity contribution in [1.82, 2.24) is 4.90 Å². The molecule has 3 heteroatoms. The molecule has 0 amide bonds. The number of benzene rings is 2. The van der Waals surface area contributed by atoms with Crippen molar-refractivity contribution >= 4 is 17.3 Å². The molecule has 0 aliphatic carbocycles. The van der Waals surface area contributed by atoms with Crippen LogP contribution in [0.15, 0.2) is 48.5 Å². The Balaban J connectivity index is 1.75. The van der Waals surface area contributed by atoms with Gasteiger partial charge in [0.1, 0.15) is 0 Å². The second-order valence-corrected chi connectivity index (χ2v) is 5.60. The molecule has 0 aliphatic rings. The Morgan fingerprint density at radius 1 is 1.10 bits per heavy atom. The summed E-state index contributed by atoms with van der Waals surface area (Å²) in [7, 11) is 2.14. The molecule has 0 fully saturated rings. The fourth-order valence-electron chi connectivity index (χ4n) is 2.07. The average Bonchev–Trinajstić information content (AvgIpc) is 2.41. The molecular formula is C17H21ClN2. The quantitative estimate of drug-likeness (QED) is 0.857. The van der Waals surface area contributed by atoms with Crippen LogP contribution in [-0.4, -0.2) is 25.0 Å². The minimum Gasteiger partial charge on any atom is -0.384 e. The molecule has 0 bridgehead atoms. The molecule has 0 radical (unpaired) electrons. The second kappa shape index (κ2) is 7.32. The maximum atomic E-state index is 5.96. The first-order valence-corrected chi connectivity index (χ1v) is 7.25. The molecule has 0 spiro atoms. The highest BCUT2D eigenvalue weighted by Gasteiger charge is 2.00. The molecule has 0 atom stereocenters. The van der Waals surface area contributed by atoms with E-state index in [0.717, 1.165) is 30.3 Å². The van der Waals surface area contributed by atoms with Crippen molar-refractivity contribution in [3.8, 4) is 0 Å². The lowest BCUT2D eigenvalue weighted by molar-refractivity contribution is 0.340. The summed E-state index contributed by atoms with van der Waals surface area (Å²) in [6.07, 6.45) is 0. The number of anilines is 1. The van der Waals surface area contributed by atoms with Gasteiger partial charge in [-0.25, -0.2) is 0 Å². The molecule has 2 aromatic rings. The van der Waals surface area contributed by atoms with Crippen LogP contribution >= 0.6 is 11.6 Å². The third-order valence-corrected chi connectivity index (χ3v) is 3.46. The predicted molar refractivity (Wildman–Crippen MR) is 87.5 cm³/mol. The third-order valence-electron chi connectivity index (χ3n) is 3.22. The summed E-state index contributed by atoms with van der Waals surface area (Å²) in [6.45, 7) is 4.98. The molecule has 1 N–H and O–H groups in total. The summed E-state index contributed by atoms with van der Waals surface area (Å²) in [5, 5.41) is 4.15. The van der Waals surface area contributed by atoms with Gasteiger partial charge in [-0.15, -0.1) is 0 Å². The Kier molecular flexibility index (Phi) is 5.45. The van der Waals surface area contributed by atoms with E-state index in [1.165, 1.54) is 11.1 Å². The molecule has 0 unspecified atom stereocenters. The molecule has 0 heterocycles. The van der Waals surface area contributed by atoms with Gasteiger partial charge < -0.3 is 10.2 Å². The highest BCUT2D eigenvalue weighted by molar-refractivity contribution is 6.30. The maximum Gasteiger partial charge on any atom is 0.0426 e. The van der Waals surface area contributed by atoms with E-state index in [9.17, 15) is 0 Å². The summed E-state index contributed by atoms with van der Waals surface area (Å²) in [5.41, 5.74) is 3.72. The van der Waals surface area contributed by atoms with E-state index in [1.807, 2.05) is 24.3 Å². The maximum absolute atomic E-state index is 5.96. The lowest BCUT2D eigenvalue weighted by atomic mass is 10.1. The van der Waals surface area contributed by atoms with Crippen LogP contribution in [0.5, 0.6) is 0 Å². The fraction of sp³-hybridized carbons (Fsp3) is 0.294. The minimum atomic E-state index is 0.767. The Morgan fingerprint density at radius 2 is 1.85 bits per heavy atom. The summed E-state index contributed by atoms with van der Waals surface area (Å²) in [5.74, 6) is 0. The zero-order chi connectivity index (χ0) is 14.4. The topological polar surface area (TPSA) is 15.3 Å². The largest absolute Gasteiger partial charge is 0.384 e. The van der Waals surface area contributed by atoms with Crippen molar-refractivity contribution in [2.75, 3.05) is 25.5 Å². The lowest BCUT2D eigenvalue weighted by Gasteiger charge is -2.17. The van der Waals surface area contributed by atoms with Crippen molar-refractivity contribution < 1.29 is 0 Å². The standard InChI is InChI=1S/C17H21ClN2/c1-14-6-8-15(9-7-14)13-20(2)11-10-19-17-5-3-4-16(18)12-17/h3-9,12,19H,10-11,13H2,1-2H3. The summed E-state index contributed by atoms with van der Waals surface area (Å²) < 4.78 is 0. The number of nitrogens with one attached hydrogen (secondary N) is 1. The number of rotatable bonds is 6. The van der Waals surface area contributed by atoms with Gasteiger partial charge in [-0.3, -0.25) is 0 Å². The molecule has 0 aliphatic heterocycles. The summed E-state index contributed by atoms with van der Waals surface area (Å²) >= 11 is 5.96. The molecule has 2 aromatic carbocycles. The van der Waals surface area contributed by atoms with Crippen LogP contribution in [0.1, 0.15) is 11.1 Å². The Bertz CT molecular complexity index is 537. The zero-order valence-corrected chi connectivity index (χ0v) is 12.8. The minimum absolute atomic E-state index is 0.767. The predicted octanol–water partition coefficient (Wildman–Crippen LogP) is 4.19.